The number of rotatable bonds is 3. The highest BCUT2D eigenvalue weighted by Crippen LogP contribution is 1.86. The molecule has 3 heteroatoms. The first-order chi connectivity index (χ1) is 5.59. The number of amides is 1. The van der Waals surface area contributed by atoms with E-state index >= 15 is 0 Å². The fourth-order valence-corrected chi connectivity index (χ4v) is 0.767. The molecule has 0 fully saturated rings. The average Bonchev–Trinajstić information content (AvgIpc) is 2.03. The Kier molecular flexibility index (Phi) is 5.14. The van der Waals surface area contributed by atoms with Crippen LogP contribution in [0.1, 0.15) is 13.8 Å². The lowest BCUT2D eigenvalue weighted by Crippen LogP contribution is -2.41. The van der Waals surface area contributed by atoms with Gasteiger partial charge in [0.05, 0.1) is 12.6 Å². The van der Waals surface area contributed by atoms with E-state index in [4.69, 9.17) is 0 Å². The standard InChI is InChI=1S/C9H16N2O/c1-5-6-7-10-8(2)9(12)11(3)4/h8,10H,7H2,1-4H3. The molecule has 0 radical (unpaired) electrons. The van der Waals surface area contributed by atoms with Gasteiger partial charge in [-0.15, -0.1) is 5.92 Å². The van der Waals surface area contributed by atoms with E-state index in [-0.39, 0.29) is 11.9 Å². The minimum atomic E-state index is -0.152. The minimum absolute atomic E-state index is 0.0768. The van der Waals surface area contributed by atoms with E-state index in [2.05, 4.69) is 17.2 Å². The Hall–Kier alpha value is -1.01. The lowest BCUT2D eigenvalue weighted by Gasteiger charge is -2.16. The number of hydrogen-bond acceptors (Lipinski definition) is 2. The summed E-state index contributed by atoms with van der Waals surface area (Å²) < 4.78 is 0. The fraction of sp³-hybridized carbons (Fsp3) is 0.667. The summed E-state index contributed by atoms with van der Waals surface area (Å²) in [7, 11) is 3.48. The molecular weight excluding hydrogens is 152 g/mol. The van der Waals surface area contributed by atoms with Crippen LogP contribution in [-0.2, 0) is 4.79 Å². The zero-order valence-corrected chi connectivity index (χ0v) is 8.14. The maximum Gasteiger partial charge on any atom is 0.238 e. The van der Waals surface area contributed by atoms with E-state index in [1.807, 2.05) is 6.92 Å². The SMILES string of the molecule is CC#CCNC(C)C(=O)N(C)C. The van der Waals surface area contributed by atoms with E-state index in [1.54, 1.807) is 25.9 Å². The molecule has 68 valence electrons. The molecule has 1 amide bonds. The quantitative estimate of drug-likeness (QED) is 0.605. The van der Waals surface area contributed by atoms with Crippen molar-refractivity contribution in [2.75, 3.05) is 20.6 Å². The van der Waals surface area contributed by atoms with Crippen molar-refractivity contribution >= 4 is 5.91 Å². The average molecular weight is 168 g/mol. The van der Waals surface area contributed by atoms with E-state index in [9.17, 15) is 4.79 Å². The van der Waals surface area contributed by atoms with Crippen LogP contribution in [0.25, 0.3) is 0 Å². The molecule has 0 aromatic heterocycles. The van der Waals surface area contributed by atoms with Gasteiger partial charge in [0.15, 0.2) is 0 Å². The second-order valence-corrected chi connectivity index (χ2v) is 2.76. The molecule has 1 atom stereocenters. The van der Waals surface area contributed by atoms with E-state index in [0.717, 1.165) is 0 Å². The molecule has 1 N–H and O–H groups in total. The van der Waals surface area contributed by atoms with Crippen LogP contribution in [0.5, 0.6) is 0 Å². The van der Waals surface area contributed by atoms with Crippen LogP contribution in [-0.4, -0.2) is 37.5 Å². The molecule has 0 saturated heterocycles. The van der Waals surface area contributed by atoms with Gasteiger partial charge in [-0.3, -0.25) is 10.1 Å². The summed E-state index contributed by atoms with van der Waals surface area (Å²) in [4.78, 5) is 12.8. The van der Waals surface area contributed by atoms with Crippen molar-refractivity contribution in [1.82, 2.24) is 10.2 Å². The molecule has 0 aromatic rings. The van der Waals surface area contributed by atoms with Crippen molar-refractivity contribution in [3.05, 3.63) is 0 Å². The Bertz CT molecular complexity index is 200. The normalized spacial score (nSPS) is 11.3. The molecule has 0 spiro atoms. The molecule has 0 aliphatic heterocycles. The molecule has 0 aliphatic carbocycles. The smallest absolute Gasteiger partial charge is 0.238 e. The maximum atomic E-state index is 11.3. The third-order valence-corrected chi connectivity index (χ3v) is 1.48. The molecule has 0 saturated carbocycles. The molecule has 1 unspecified atom stereocenters. The van der Waals surface area contributed by atoms with Gasteiger partial charge in [0, 0.05) is 14.1 Å². The molecular formula is C9H16N2O. The highest BCUT2D eigenvalue weighted by atomic mass is 16.2. The van der Waals surface area contributed by atoms with Crippen LogP contribution in [0.15, 0.2) is 0 Å². The number of carbonyl (C=O) groups is 1. The number of likely N-dealkylation sites (N-methyl/N-ethyl adjacent to an activating group) is 1. The van der Waals surface area contributed by atoms with Gasteiger partial charge in [-0.2, -0.15) is 0 Å². The van der Waals surface area contributed by atoms with Crippen LogP contribution < -0.4 is 5.32 Å². The summed E-state index contributed by atoms with van der Waals surface area (Å²) in [6.45, 7) is 4.18. The van der Waals surface area contributed by atoms with Gasteiger partial charge >= 0.3 is 0 Å². The zero-order valence-electron chi connectivity index (χ0n) is 8.14. The van der Waals surface area contributed by atoms with Crippen LogP contribution in [0.2, 0.25) is 0 Å². The van der Waals surface area contributed by atoms with Gasteiger partial charge in [0.25, 0.3) is 0 Å². The first-order valence-electron chi connectivity index (χ1n) is 3.93. The second kappa shape index (κ2) is 5.62. The Morgan fingerprint density at radius 2 is 2.17 bits per heavy atom. The Morgan fingerprint density at radius 3 is 2.58 bits per heavy atom. The first-order valence-corrected chi connectivity index (χ1v) is 3.93. The Balaban J connectivity index is 3.77. The summed E-state index contributed by atoms with van der Waals surface area (Å²) in [6, 6.07) is -0.152. The van der Waals surface area contributed by atoms with E-state index in [0.29, 0.717) is 6.54 Å². The monoisotopic (exact) mass is 168 g/mol. The van der Waals surface area contributed by atoms with Crippen molar-refractivity contribution in [1.29, 1.82) is 0 Å². The molecule has 0 heterocycles. The van der Waals surface area contributed by atoms with Crippen LogP contribution in [0, 0.1) is 11.8 Å². The molecule has 0 aliphatic rings. The largest absolute Gasteiger partial charge is 0.347 e. The Labute approximate surface area is 74.1 Å². The van der Waals surface area contributed by atoms with Crippen molar-refractivity contribution in [3.63, 3.8) is 0 Å². The molecule has 12 heavy (non-hydrogen) atoms. The number of hydrogen-bond donors (Lipinski definition) is 1. The van der Waals surface area contributed by atoms with Crippen molar-refractivity contribution in [3.8, 4) is 11.8 Å². The number of nitrogens with one attached hydrogen (secondary N) is 1. The number of nitrogens with zero attached hydrogens (tertiary/aromatic N) is 1. The van der Waals surface area contributed by atoms with E-state index in [1.165, 1.54) is 0 Å². The van der Waals surface area contributed by atoms with Gasteiger partial charge in [0.2, 0.25) is 5.91 Å². The Morgan fingerprint density at radius 1 is 1.58 bits per heavy atom. The highest BCUT2D eigenvalue weighted by Gasteiger charge is 2.12. The van der Waals surface area contributed by atoms with Crippen molar-refractivity contribution < 1.29 is 4.79 Å². The summed E-state index contributed by atoms with van der Waals surface area (Å²) in [6.07, 6.45) is 0. The van der Waals surface area contributed by atoms with Gasteiger partial charge in [-0.05, 0) is 13.8 Å². The van der Waals surface area contributed by atoms with Gasteiger partial charge < -0.3 is 4.90 Å². The molecule has 3 nitrogen and oxygen atoms in total. The van der Waals surface area contributed by atoms with E-state index < -0.39 is 0 Å². The van der Waals surface area contributed by atoms with Crippen LogP contribution >= 0.6 is 0 Å². The second-order valence-electron chi connectivity index (χ2n) is 2.76. The van der Waals surface area contributed by atoms with Crippen molar-refractivity contribution in [2.24, 2.45) is 0 Å². The van der Waals surface area contributed by atoms with Crippen LogP contribution in [0.3, 0.4) is 0 Å². The van der Waals surface area contributed by atoms with Gasteiger partial charge in [-0.25, -0.2) is 0 Å². The minimum Gasteiger partial charge on any atom is -0.347 e. The highest BCUT2D eigenvalue weighted by molar-refractivity contribution is 5.80. The topological polar surface area (TPSA) is 32.3 Å². The zero-order chi connectivity index (χ0) is 9.56. The predicted octanol–water partition coefficient (Wildman–Crippen LogP) is 0.0760. The molecule has 0 rings (SSSR count). The first kappa shape index (κ1) is 11.0. The molecule has 0 aromatic carbocycles. The van der Waals surface area contributed by atoms with Crippen LogP contribution in [0.4, 0.5) is 0 Å². The number of carbonyl (C=O) groups excluding carboxylic acids is 1. The lowest BCUT2D eigenvalue weighted by atomic mass is 10.3. The summed E-state index contributed by atoms with van der Waals surface area (Å²) in [5.74, 6) is 5.67. The lowest BCUT2D eigenvalue weighted by molar-refractivity contribution is -0.130. The predicted molar refractivity (Wildman–Crippen MR) is 49.6 cm³/mol. The molecule has 0 bridgehead atoms. The third-order valence-electron chi connectivity index (χ3n) is 1.48. The third kappa shape index (κ3) is 3.99. The van der Waals surface area contributed by atoms with Crippen molar-refractivity contribution in [2.45, 2.75) is 19.9 Å². The summed E-state index contributed by atoms with van der Waals surface area (Å²) in [5.41, 5.74) is 0. The summed E-state index contributed by atoms with van der Waals surface area (Å²) in [5, 5.41) is 3.00. The van der Waals surface area contributed by atoms with Gasteiger partial charge in [0.1, 0.15) is 0 Å². The summed E-state index contributed by atoms with van der Waals surface area (Å²) >= 11 is 0. The maximum absolute atomic E-state index is 11.3. The fourth-order valence-electron chi connectivity index (χ4n) is 0.767. The van der Waals surface area contributed by atoms with Gasteiger partial charge in [-0.1, -0.05) is 5.92 Å².